The number of rotatable bonds is 4. The summed E-state index contributed by atoms with van der Waals surface area (Å²) < 4.78 is 13.5. The van der Waals surface area contributed by atoms with E-state index in [4.69, 9.17) is 5.11 Å². The summed E-state index contributed by atoms with van der Waals surface area (Å²) in [5, 5.41) is 21.6. The van der Waals surface area contributed by atoms with Crippen molar-refractivity contribution in [3.63, 3.8) is 0 Å². The molecule has 0 fully saturated rings. The second kappa shape index (κ2) is 4.77. The number of hydrogen-bond acceptors (Lipinski definition) is 4. The average Bonchev–Trinajstić information content (AvgIpc) is 2.22. The van der Waals surface area contributed by atoms with Crippen LogP contribution in [0.2, 0.25) is 0 Å². The van der Waals surface area contributed by atoms with E-state index >= 15 is 0 Å². The number of nitrogens with one attached hydrogen (secondary N) is 1. The third kappa shape index (κ3) is 2.90. The fraction of sp³-hybridized carbons (Fsp3) is 0.300. The number of aryl methyl sites for hydroxylation is 1. The van der Waals surface area contributed by atoms with Crippen LogP contribution in [0.25, 0.3) is 0 Å². The molecule has 0 aliphatic carbocycles. The minimum absolute atomic E-state index is 0.0667. The number of carboxylic acid groups (broad SMARTS) is 1. The van der Waals surface area contributed by atoms with E-state index in [9.17, 15) is 19.3 Å². The van der Waals surface area contributed by atoms with Gasteiger partial charge in [-0.3, -0.25) is 14.9 Å². The van der Waals surface area contributed by atoms with E-state index in [0.29, 0.717) is 0 Å². The minimum Gasteiger partial charge on any atom is -0.480 e. The first-order valence-electron chi connectivity index (χ1n) is 4.76. The van der Waals surface area contributed by atoms with Crippen LogP contribution in [-0.2, 0) is 4.79 Å². The molecule has 17 heavy (non-hydrogen) atoms. The Bertz CT molecular complexity index is 476. The molecule has 0 heterocycles. The highest BCUT2D eigenvalue weighted by atomic mass is 19.1. The first kappa shape index (κ1) is 12.9. The maximum Gasteiger partial charge on any atom is 0.325 e. The first-order chi connectivity index (χ1) is 7.82. The van der Waals surface area contributed by atoms with Crippen LogP contribution in [0.5, 0.6) is 0 Å². The summed E-state index contributed by atoms with van der Waals surface area (Å²) in [5.74, 6) is -1.99. The zero-order chi connectivity index (χ0) is 13.2. The SMILES string of the molecule is Cc1cc(NC(C)C(=O)O)c(F)cc1[N+](=O)[O-]. The second-order valence-corrected chi connectivity index (χ2v) is 3.58. The van der Waals surface area contributed by atoms with Gasteiger partial charge in [0.1, 0.15) is 6.04 Å². The maximum atomic E-state index is 13.5. The Labute approximate surface area is 96.2 Å². The van der Waals surface area contributed by atoms with Gasteiger partial charge in [-0.15, -0.1) is 0 Å². The molecule has 1 unspecified atom stereocenters. The van der Waals surface area contributed by atoms with Crippen LogP contribution in [0.4, 0.5) is 15.8 Å². The number of halogens is 1. The van der Waals surface area contributed by atoms with E-state index in [1.807, 2.05) is 0 Å². The Kier molecular flexibility index (Phi) is 3.62. The summed E-state index contributed by atoms with van der Waals surface area (Å²) in [6.45, 7) is 2.80. The first-order valence-corrected chi connectivity index (χ1v) is 4.76. The number of nitro groups is 1. The summed E-state index contributed by atoms with van der Waals surface area (Å²) >= 11 is 0. The van der Waals surface area contributed by atoms with Crippen molar-refractivity contribution in [1.82, 2.24) is 0 Å². The van der Waals surface area contributed by atoms with Crippen molar-refractivity contribution in [2.24, 2.45) is 0 Å². The Morgan fingerprint density at radius 2 is 2.18 bits per heavy atom. The van der Waals surface area contributed by atoms with Gasteiger partial charge in [0.15, 0.2) is 5.82 Å². The predicted molar refractivity (Wildman–Crippen MR) is 58.5 cm³/mol. The highest BCUT2D eigenvalue weighted by molar-refractivity contribution is 5.77. The fourth-order valence-electron chi connectivity index (χ4n) is 1.27. The number of nitrogens with zero attached hydrogens (tertiary/aromatic N) is 1. The minimum atomic E-state index is -1.14. The zero-order valence-corrected chi connectivity index (χ0v) is 9.23. The topological polar surface area (TPSA) is 92.5 Å². The molecule has 1 atom stereocenters. The van der Waals surface area contributed by atoms with Crippen LogP contribution < -0.4 is 5.32 Å². The molecule has 0 bridgehead atoms. The van der Waals surface area contributed by atoms with Gasteiger partial charge in [-0.05, 0) is 19.9 Å². The monoisotopic (exact) mass is 242 g/mol. The molecule has 6 nitrogen and oxygen atoms in total. The zero-order valence-electron chi connectivity index (χ0n) is 9.23. The third-order valence-corrected chi connectivity index (χ3v) is 2.22. The van der Waals surface area contributed by atoms with Gasteiger partial charge in [0, 0.05) is 5.56 Å². The van der Waals surface area contributed by atoms with Crippen molar-refractivity contribution in [1.29, 1.82) is 0 Å². The molecule has 0 spiro atoms. The molecule has 0 radical (unpaired) electrons. The molecule has 7 heteroatoms. The normalized spacial score (nSPS) is 11.9. The molecule has 1 rings (SSSR count). The van der Waals surface area contributed by atoms with Gasteiger partial charge < -0.3 is 10.4 Å². The van der Waals surface area contributed by atoms with Crippen molar-refractivity contribution in [2.45, 2.75) is 19.9 Å². The number of aliphatic carboxylic acids is 1. The summed E-state index contributed by atoms with van der Waals surface area (Å²) in [6.07, 6.45) is 0. The van der Waals surface area contributed by atoms with Crippen molar-refractivity contribution in [3.8, 4) is 0 Å². The number of carboxylic acids is 1. The van der Waals surface area contributed by atoms with E-state index in [2.05, 4.69) is 5.32 Å². The van der Waals surface area contributed by atoms with Gasteiger partial charge in [0.25, 0.3) is 5.69 Å². The summed E-state index contributed by atoms with van der Waals surface area (Å²) in [4.78, 5) is 20.4. The van der Waals surface area contributed by atoms with Crippen LogP contribution in [0.3, 0.4) is 0 Å². The van der Waals surface area contributed by atoms with Gasteiger partial charge >= 0.3 is 5.97 Å². The molecule has 1 aromatic carbocycles. The second-order valence-electron chi connectivity index (χ2n) is 3.58. The number of nitro benzene ring substituents is 1. The lowest BCUT2D eigenvalue weighted by molar-refractivity contribution is -0.385. The molecular formula is C10H11FN2O4. The molecule has 0 aromatic heterocycles. The number of hydrogen-bond donors (Lipinski definition) is 2. The van der Waals surface area contributed by atoms with Gasteiger partial charge in [0.05, 0.1) is 16.7 Å². The molecule has 92 valence electrons. The molecule has 2 N–H and O–H groups in total. The molecule has 0 aliphatic rings. The maximum absolute atomic E-state index is 13.5. The molecular weight excluding hydrogens is 231 g/mol. The summed E-state index contributed by atoms with van der Waals surface area (Å²) in [5.41, 5.74) is -0.143. The quantitative estimate of drug-likeness (QED) is 0.621. The summed E-state index contributed by atoms with van der Waals surface area (Å²) in [7, 11) is 0. The Balaban J connectivity index is 3.08. The highest BCUT2D eigenvalue weighted by Gasteiger charge is 2.18. The van der Waals surface area contributed by atoms with Gasteiger partial charge in [-0.25, -0.2) is 4.39 Å². The average molecular weight is 242 g/mol. The lowest BCUT2D eigenvalue weighted by Gasteiger charge is -2.12. The van der Waals surface area contributed by atoms with E-state index < -0.39 is 22.8 Å². The highest BCUT2D eigenvalue weighted by Crippen LogP contribution is 2.25. The molecule has 0 saturated carbocycles. The number of anilines is 1. The lowest BCUT2D eigenvalue weighted by atomic mass is 10.1. The third-order valence-electron chi connectivity index (χ3n) is 2.22. The van der Waals surface area contributed by atoms with E-state index in [1.54, 1.807) is 0 Å². The van der Waals surface area contributed by atoms with Gasteiger partial charge in [-0.1, -0.05) is 0 Å². The lowest BCUT2D eigenvalue weighted by Crippen LogP contribution is -2.25. The van der Waals surface area contributed by atoms with Crippen LogP contribution in [0, 0.1) is 22.9 Å². The Morgan fingerprint density at radius 3 is 2.65 bits per heavy atom. The molecule has 0 saturated heterocycles. The molecule has 0 aliphatic heterocycles. The summed E-state index contributed by atoms with van der Waals surface area (Å²) in [6, 6.07) is 1.00. The van der Waals surface area contributed by atoms with Gasteiger partial charge in [0.2, 0.25) is 0 Å². The van der Waals surface area contributed by atoms with Crippen LogP contribution in [-0.4, -0.2) is 22.0 Å². The smallest absolute Gasteiger partial charge is 0.325 e. The van der Waals surface area contributed by atoms with Crippen molar-refractivity contribution >= 4 is 17.3 Å². The predicted octanol–water partition coefficient (Wildman–Crippen LogP) is 1.93. The van der Waals surface area contributed by atoms with E-state index in [1.165, 1.54) is 19.9 Å². The molecule has 1 aromatic rings. The van der Waals surface area contributed by atoms with Crippen molar-refractivity contribution in [2.75, 3.05) is 5.32 Å². The van der Waals surface area contributed by atoms with Crippen LogP contribution in [0.1, 0.15) is 12.5 Å². The van der Waals surface area contributed by atoms with Crippen LogP contribution in [0.15, 0.2) is 12.1 Å². The van der Waals surface area contributed by atoms with Crippen LogP contribution >= 0.6 is 0 Å². The fourth-order valence-corrected chi connectivity index (χ4v) is 1.27. The van der Waals surface area contributed by atoms with Crippen molar-refractivity contribution < 1.29 is 19.2 Å². The molecule has 0 amide bonds. The van der Waals surface area contributed by atoms with E-state index in [-0.39, 0.29) is 16.9 Å². The number of benzene rings is 1. The largest absolute Gasteiger partial charge is 0.480 e. The Morgan fingerprint density at radius 1 is 1.59 bits per heavy atom. The standard InChI is InChI=1S/C10H11FN2O4/c1-5-3-8(12-6(2)10(14)15)7(11)4-9(5)13(16)17/h3-4,6,12H,1-2H3,(H,14,15). The van der Waals surface area contributed by atoms with E-state index in [0.717, 1.165) is 6.07 Å². The van der Waals surface area contributed by atoms with Crippen molar-refractivity contribution in [3.05, 3.63) is 33.6 Å². The Hall–Kier alpha value is -2.18. The number of carbonyl (C=O) groups is 1. The van der Waals surface area contributed by atoms with Gasteiger partial charge in [-0.2, -0.15) is 0 Å².